The molecule has 0 radical (unpaired) electrons. The van der Waals surface area contributed by atoms with Gasteiger partial charge in [-0.25, -0.2) is 0 Å². The Kier molecular flexibility index (Phi) is 8.12. The number of carbonyl (C=O) groups excluding carboxylic acids is 1. The Morgan fingerprint density at radius 1 is 1.38 bits per heavy atom. The van der Waals surface area contributed by atoms with Crippen molar-refractivity contribution in [3.63, 3.8) is 0 Å². The SMILES string of the molecule is CN=C(NCCCOC(C)C)N1CCC(C(=O)OC)CC1. The summed E-state index contributed by atoms with van der Waals surface area (Å²) in [6.45, 7) is 7.35. The fourth-order valence-electron chi connectivity index (χ4n) is 2.42. The first-order valence-electron chi connectivity index (χ1n) is 7.73. The smallest absolute Gasteiger partial charge is 0.308 e. The number of likely N-dealkylation sites (tertiary alicyclic amines) is 1. The number of hydrogen-bond acceptors (Lipinski definition) is 4. The zero-order valence-corrected chi connectivity index (χ0v) is 13.7. The zero-order valence-electron chi connectivity index (χ0n) is 13.7. The monoisotopic (exact) mass is 299 g/mol. The van der Waals surface area contributed by atoms with Gasteiger partial charge in [-0.15, -0.1) is 0 Å². The number of nitrogens with one attached hydrogen (secondary N) is 1. The highest BCUT2D eigenvalue weighted by Gasteiger charge is 2.26. The summed E-state index contributed by atoms with van der Waals surface area (Å²) in [4.78, 5) is 18.0. The van der Waals surface area contributed by atoms with Crippen LogP contribution in [-0.4, -0.2) is 63.3 Å². The first-order valence-corrected chi connectivity index (χ1v) is 7.73. The summed E-state index contributed by atoms with van der Waals surface area (Å²) in [5.41, 5.74) is 0. The quantitative estimate of drug-likeness (QED) is 0.346. The summed E-state index contributed by atoms with van der Waals surface area (Å²) >= 11 is 0. The molecule has 1 N–H and O–H groups in total. The van der Waals surface area contributed by atoms with Gasteiger partial charge >= 0.3 is 5.97 Å². The molecule has 6 heteroatoms. The highest BCUT2D eigenvalue weighted by atomic mass is 16.5. The molecule has 1 aliphatic rings. The van der Waals surface area contributed by atoms with E-state index in [1.807, 2.05) is 13.8 Å². The van der Waals surface area contributed by atoms with Gasteiger partial charge in [-0.1, -0.05) is 0 Å². The molecule has 0 spiro atoms. The number of esters is 1. The predicted octanol–water partition coefficient (Wildman–Crippen LogP) is 1.26. The lowest BCUT2D eigenvalue weighted by molar-refractivity contribution is -0.146. The molecule has 6 nitrogen and oxygen atoms in total. The van der Waals surface area contributed by atoms with Gasteiger partial charge < -0.3 is 19.7 Å². The molecule has 21 heavy (non-hydrogen) atoms. The zero-order chi connectivity index (χ0) is 15.7. The van der Waals surface area contributed by atoms with E-state index >= 15 is 0 Å². The largest absolute Gasteiger partial charge is 0.469 e. The van der Waals surface area contributed by atoms with E-state index in [1.165, 1.54) is 7.11 Å². The van der Waals surface area contributed by atoms with Crippen LogP contribution in [0.4, 0.5) is 0 Å². The fourth-order valence-corrected chi connectivity index (χ4v) is 2.42. The van der Waals surface area contributed by atoms with Crippen molar-refractivity contribution >= 4 is 11.9 Å². The highest BCUT2D eigenvalue weighted by molar-refractivity contribution is 5.80. The molecule has 0 aromatic heterocycles. The average molecular weight is 299 g/mol. The van der Waals surface area contributed by atoms with Crippen LogP contribution in [0.15, 0.2) is 4.99 Å². The van der Waals surface area contributed by atoms with Crippen molar-refractivity contribution in [2.24, 2.45) is 10.9 Å². The Balaban J connectivity index is 2.27. The summed E-state index contributed by atoms with van der Waals surface area (Å²) in [6.07, 6.45) is 2.88. The molecule has 0 amide bonds. The van der Waals surface area contributed by atoms with Crippen LogP contribution in [0.1, 0.15) is 33.1 Å². The normalized spacial score (nSPS) is 17.2. The topological polar surface area (TPSA) is 63.2 Å². The number of hydrogen-bond donors (Lipinski definition) is 1. The molecule has 0 aromatic rings. The second-order valence-electron chi connectivity index (χ2n) is 5.53. The molecule has 0 aromatic carbocycles. The number of methoxy groups -OCH3 is 1. The van der Waals surface area contributed by atoms with Crippen LogP contribution in [-0.2, 0) is 14.3 Å². The Morgan fingerprint density at radius 2 is 2.05 bits per heavy atom. The van der Waals surface area contributed by atoms with Crippen LogP contribution < -0.4 is 5.32 Å². The number of piperidine rings is 1. The first kappa shape index (κ1) is 17.8. The van der Waals surface area contributed by atoms with Gasteiger partial charge in [-0.3, -0.25) is 9.79 Å². The summed E-state index contributed by atoms with van der Waals surface area (Å²) in [5.74, 6) is 0.843. The molecule has 1 rings (SSSR count). The van der Waals surface area contributed by atoms with E-state index in [0.717, 1.165) is 51.5 Å². The van der Waals surface area contributed by atoms with Gasteiger partial charge in [-0.05, 0) is 33.1 Å². The second kappa shape index (κ2) is 9.60. The number of nitrogens with zero attached hydrogens (tertiary/aromatic N) is 2. The molecule has 0 saturated carbocycles. The van der Waals surface area contributed by atoms with Gasteiger partial charge in [0, 0.05) is 33.3 Å². The van der Waals surface area contributed by atoms with Gasteiger partial charge in [0.2, 0.25) is 0 Å². The maximum atomic E-state index is 11.5. The first-order chi connectivity index (χ1) is 10.1. The summed E-state index contributed by atoms with van der Waals surface area (Å²) in [7, 11) is 3.24. The van der Waals surface area contributed by atoms with Gasteiger partial charge in [-0.2, -0.15) is 0 Å². The summed E-state index contributed by atoms with van der Waals surface area (Å²) < 4.78 is 10.3. The van der Waals surface area contributed by atoms with Crippen molar-refractivity contribution in [1.29, 1.82) is 0 Å². The van der Waals surface area contributed by atoms with E-state index < -0.39 is 0 Å². The van der Waals surface area contributed by atoms with E-state index in [2.05, 4.69) is 15.2 Å². The van der Waals surface area contributed by atoms with Crippen molar-refractivity contribution in [3.05, 3.63) is 0 Å². The minimum Gasteiger partial charge on any atom is -0.469 e. The third-order valence-corrected chi connectivity index (χ3v) is 3.60. The average Bonchev–Trinajstić information content (AvgIpc) is 2.50. The van der Waals surface area contributed by atoms with Crippen molar-refractivity contribution in [3.8, 4) is 0 Å². The van der Waals surface area contributed by atoms with Crippen LogP contribution >= 0.6 is 0 Å². The van der Waals surface area contributed by atoms with Crippen LogP contribution in [0, 0.1) is 5.92 Å². The minimum absolute atomic E-state index is 0.0313. The van der Waals surface area contributed by atoms with Gasteiger partial charge in [0.1, 0.15) is 0 Å². The summed E-state index contributed by atoms with van der Waals surface area (Å²) in [6, 6.07) is 0. The van der Waals surface area contributed by atoms with Gasteiger partial charge in [0.15, 0.2) is 5.96 Å². The van der Waals surface area contributed by atoms with Crippen LogP contribution in [0.2, 0.25) is 0 Å². The molecule has 0 bridgehead atoms. The van der Waals surface area contributed by atoms with E-state index in [0.29, 0.717) is 0 Å². The maximum absolute atomic E-state index is 11.5. The third-order valence-electron chi connectivity index (χ3n) is 3.60. The second-order valence-corrected chi connectivity index (χ2v) is 5.53. The standard InChI is InChI=1S/C15H29N3O3/c1-12(2)21-11-5-8-17-15(16-3)18-9-6-13(7-10-18)14(19)20-4/h12-13H,5-11H2,1-4H3,(H,16,17). The maximum Gasteiger partial charge on any atom is 0.308 e. The highest BCUT2D eigenvalue weighted by Crippen LogP contribution is 2.18. The van der Waals surface area contributed by atoms with Crippen molar-refractivity contribution in [2.45, 2.75) is 39.2 Å². The Bertz CT molecular complexity index is 337. The Morgan fingerprint density at radius 3 is 2.57 bits per heavy atom. The molecular formula is C15H29N3O3. The van der Waals surface area contributed by atoms with Gasteiger partial charge in [0.05, 0.1) is 19.1 Å². The fraction of sp³-hybridized carbons (Fsp3) is 0.867. The lowest BCUT2D eigenvalue weighted by atomic mass is 9.97. The van der Waals surface area contributed by atoms with Crippen molar-refractivity contribution in [1.82, 2.24) is 10.2 Å². The van der Waals surface area contributed by atoms with Crippen LogP contribution in [0.5, 0.6) is 0 Å². The van der Waals surface area contributed by atoms with E-state index in [-0.39, 0.29) is 18.0 Å². The lowest BCUT2D eigenvalue weighted by Crippen LogP contribution is -2.47. The molecular weight excluding hydrogens is 270 g/mol. The Labute approximate surface area is 127 Å². The van der Waals surface area contributed by atoms with E-state index in [1.54, 1.807) is 7.05 Å². The minimum atomic E-state index is -0.0940. The van der Waals surface area contributed by atoms with Crippen molar-refractivity contribution < 1.29 is 14.3 Å². The van der Waals surface area contributed by atoms with Crippen LogP contribution in [0.3, 0.4) is 0 Å². The lowest BCUT2D eigenvalue weighted by Gasteiger charge is -2.33. The number of guanidine groups is 1. The molecule has 0 unspecified atom stereocenters. The predicted molar refractivity (Wildman–Crippen MR) is 83.4 cm³/mol. The van der Waals surface area contributed by atoms with Crippen LogP contribution in [0.25, 0.3) is 0 Å². The Hall–Kier alpha value is -1.30. The molecule has 1 fully saturated rings. The molecule has 1 heterocycles. The molecule has 1 saturated heterocycles. The number of ether oxygens (including phenoxy) is 2. The number of rotatable bonds is 6. The summed E-state index contributed by atoms with van der Waals surface area (Å²) in [5, 5.41) is 3.35. The van der Waals surface area contributed by atoms with E-state index in [4.69, 9.17) is 9.47 Å². The number of carbonyl (C=O) groups is 1. The third kappa shape index (κ3) is 6.33. The molecule has 122 valence electrons. The number of aliphatic imine (C=N–C) groups is 1. The molecule has 0 atom stereocenters. The van der Waals surface area contributed by atoms with E-state index in [9.17, 15) is 4.79 Å². The van der Waals surface area contributed by atoms with Gasteiger partial charge in [0.25, 0.3) is 0 Å². The molecule has 1 aliphatic heterocycles. The van der Waals surface area contributed by atoms with Crippen molar-refractivity contribution in [2.75, 3.05) is 40.4 Å². The molecule has 0 aliphatic carbocycles.